The van der Waals surface area contributed by atoms with E-state index in [1.807, 2.05) is 23.1 Å². The summed E-state index contributed by atoms with van der Waals surface area (Å²) in [5.74, 6) is 0.845. The van der Waals surface area contributed by atoms with Crippen molar-refractivity contribution < 1.29 is 19.0 Å². The third-order valence-corrected chi connectivity index (χ3v) is 6.60. The number of carbonyl (C=O) groups excluding carboxylic acids is 1. The van der Waals surface area contributed by atoms with Gasteiger partial charge >= 0.3 is 5.97 Å². The van der Waals surface area contributed by atoms with Crippen LogP contribution in [0.4, 0.5) is 0 Å². The number of guanidine groups is 2. The van der Waals surface area contributed by atoms with E-state index in [0.717, 1.165) is 31.4 Å². The molecule has 0 saturated carbocycles. The Bertz CT molecular complexity index is 1110. The van der Waals surface area contributed by atoms with Crippen LogP contribution in [0.1, 0.15) is 42.6 Å². The van der Waals surface area contributed by atoms with Crippen molar-refractivity contribution in [3.05, 3.63) is 59.2 Å². The minimum absolute atomic E-state index is 0.0422. The second kappa shape index (κ2) is 11.2. The Morgan fingerprint density at radius 1 is 1.06 bits per heavy atom. The molecular weight excluding hydrogens is 460 g/mol. The predicted molar refractivity (Wildman–Crippen MR) is 136 cm³/mol. The molecule has 1 saturated heterocycles. The summed E-state index contributed by atoms with van der Waals surface area (Å²) in [6.45, 7) is 4.44. The minimum atomic E-state index is -0.937. The first-order valence-electron chi connectivity index (χ1n) is 12.2. The van der Waals surface area contributed by atoms with E-state index >= 15 is 0 Å². The van der Waals surface area contributed by atoms with Gasteiger partial charge in [0.2, 0.25) is 6.10 Å². The third-order valence-electron chi connectivity index (χ3n) is 6.60. The summed E-state index contributed by atoms with van der Waals surface area (Å²) < 4.78 is 17.4. The van der Waals surface area contributed by atoms with Crippen molar-refractivity contribution in [1.29, 1.82) is 10.8 Å². The van der Waals surface area contributed by atoms with E-state index in [9.17, 15) is 4.79 Å². The van der Waals surface area contributed by atoms with Gasteiger partial charge in [-0.05, 0) is 61.6 Å². The molecule has 2 aliphatic heterocycles. The first kappa shape index (κ1) is 25.2. The number of rotatable bonds is 8. The molecule has 0 radical (unpaired) electrons. The zero-order valence-electron chi connectivity index (χ0n) is 20.5. The molecule has 2 heterocycles. The van der Waals surface area contributed by atoms with Crippen LogP contribution in [0.3, 0.4) is 0 Å². The maximum absolute atomic E-state index is 12.8. The minimum Gasteiger partial charge on any atom is -0.491 e. The van der Waals surface area contributed by atoms with E-state index in [1.165, 1.54) is 5.56 Å². The van der Waals surface area contributed by atoms with Crippen molar-refractivity contribution >= 4 is 17.9 Å². The highest BCUT2D eigenvalue weighted by Crippen LogP contribution is 2.29. The molecule has 4 rings (SSSR count). The van der Waals surface area contributed by atoms with Crippen molar-refractivity contribution in [2.75, 3.05) is 26.3 Å². The summed E-state index contributed by atoms with van der Waals surface area (Å²) >= 11 is 0. The van der Waals surface area contributed by atoms with Crippen molar-refractivity contribution in [3.63, 3.8) is 0 Å². The standard InChI is InChI=1S/C26H34N6O4/c1-2-34-24(33)23(36-22-10-5-17-11-13-31(25(27)28)15-19(17)14-22)18-6-8-21(9-7-18)35-16-20-4-3-12-32(20)26(29)30/h5-10,14,20,23H,2-4,11-13,15-16H2,1H3,(H3,27,28)(H3,29,30). The molecule has 2 aromatic carbocycles. The highest BCUT2D eigenvalue weighted by atomic mass is 16.6. The number of likely N-dealkylation sites (tertiary alicyclic amines) is 1. The van der Waals surface area contributed by atoms with E-state index in [0.29, 0.717) is 36.8 Å². The summed E-state index contributed by atoms with van der Waals surface area (Å²) in [6, 6.07) is 13.0. The number of hydrogen-bond donors (Lipinski definition) is 4. The largest absolute Gasteiger partial charge is 0.491 e. The Morgan fingerprint density at radius 2 is 1.81 bits per heavy atom. The molecule has 2 atom stereocenters. The molecule has 0 amide bonds. The van der Waals surface area contributed by atoms with Crippen LogP contribution in [0.5, 0.6) is 11.5 Å². The number of benzene rings is 2. The Morgan fingerprint density at radius 3 is 2.50 bits per heavy atom. The molecule has 0 bridgehead atoms. The number of nitrogens with zero attached hydrogens (tertiary/aromatic N) is 2. The maximum Gasteiger partial charge on any atom is 0.352 e. The lowest BCUT2D eigenvalue weighted by atomic mass is 9.99. The van der Waals surface area contributed by atoms with E-state index in [1.54, 1.807) is 36.1 Å². The third kappa shape index (κ3) is 5.81. The van der Waals surface area contributed by atoms with Crippen LogP contribution < -0.4 is 20.9 Å². The summed E-state index contributed by atoms with van der Waals surface area (Å²) in [5.41, 5.74) is 14.2. The number of fused-ring (bicyclic) bond motifs is 1. The maximum atomic E-state index is 12.8. The topological polar surface area (TPSA) is 151 Å². The number of ether oxygens (including phenoxy) is 3. The summed E-state index contributed by atoms with van der Waals surface area (Å²) in [5, 5.41) is 15.4. The monoisotopic (exact) mass is 494 g/mol. The van der Waals surface area contributed by atoms with Crippen LogP contribution in [0.15, 0.2) is 42.5 Å². The first-order chi connectivity index (χ1) is 17.4. The number of nitrogens with one attached hydrogen (secondary N) is 2. The highest BCUT2D eigenvalue weighted by molar-refractivity contribution is 5.77. The Balaban J connectivity index is 1.46. The van der Waals surface area contributed by atoms with Gasteiger partial charge in [0.1, 0.15) is 18.1 Å². The van der Waals surface area contributed by atoms with Crippen LogP contribution in [0.25, 0.3) is 0 Å². The number of carbonyl (C=O) groups is 1. The zero-order valence-corrected chi connectivity index (χ0v) is 20.5. The van der Waals surface area contributed by atoms with Gasteiger partial charge in [-0.25, -0.2) is 4.79 Å². The molecule has 10 nitrogen and oxygen atoms in total. The van der Waals surface area contributed by atoms with Crippen molar-refractivity contribution in [2.45, 2.75) is 44.9 Å². The first-order valence-corrected chi connectivity index (χ1v) is 12.2. The van der Waals surface area contributed by atoms with Gasteiger partial charge in [-0.2, -0.15) is 0 Å². The van der Waals surface area contributed by atoms with Gasteiger partial charge in [-0.15, -0.1) is 0 Å². The van der Waals surface area contributed by atoms with Gasteiger partial charge in [0, 0.05) is 25.2 Å². The zero-order chi connectivity index (χ0) is 25.7. The number of nitrogens with two attached hydrogens (primary N) is 2. The van der Waals surface area contributed by atoms with Gasteiger partial charge in [-0.1, -0.05) is 18.2 Å². The highest BCUT2D eigenvalue weighted by Gasteiger charge is 2.27. The normalized spacial score (nSPS) is 17.8. The van der Waals surface area contributed by atoms with Gasteiger partial charge in [0.05, 0.1) is 12.6 Å². The molecular formula is C26H34N6O4. The molecule has 6 N–H and O–H groups in total. The van der Waals surface area contributed by atoms with Crippen LogP contribution in [-0.2, 0) is 22.5 Å². The van der Waals surface area contributed by atoms with Crippen LogP contribution >= 0.6 is 0 Å². The molecule has 1 fully saturated rings. The lowest BCUT2D eigenvalue weighted by molar-refractivity contribution is -0.151. The van der Waals surface area contributed by atoms with Crippen LogP contribution in [-0.4, -0.2) is 60.0 Å². The van der Waals surface area contributed by atoms with E-state index in [4.69, 9.17) is 36.5 Å². The molecule has 192 valence electrons. The Kier molecular flexibility index (Phi) is 7.82. The molecule has 2 aliphatic rings. The second-order valence-corrected chi connectivity index (χ2v) is 8.99. The molecule has 0 aliphatic carbocycles. The lowest BCUT2D eigenvalue weighted by Crippen LogP contribution is -2.42. The van der Waals surface area contributed by atoms with Gasteiger partial charge in [0.25, 0.3) is 0 Å². The fourth-order valence-corrected chi connectivity index (χ4v) is 4.68. The molecule has 2 unspecified atom stereocenters. The van der Waals surface area contributed by atoms with Crippen LogP contribution in [0, 0.1) is 10.8 Å². The molecule has 0 aromatic heterocycles. The second-order valence-electron chi connectivity index (χ2n) is 8.99. The Hall–Kier alpha value is -3.95. The fourth-order valence-electron chi connectivity index (χ4n) is 4.68. The summed E-state index contributed by atoms with van der Waals surface area (Å²) in [7, 11) is 0. The van der Waals surface area contributed by atoms with Crippen molar-refractivity contribution in [1.82, 2.24) is 9.80 Å². The van der Waals surface area contributed by atoms with Gasteiger partial charge in [0.15, 0.2) is 11.9 Å². The van der Waals surface area contributed by atoms with Crippen molar-refractivity contribution in [3.8, 4) is 11.5 Å². The molecule has 10 heteroatoms. The summed E-state index contributed by atoms with van der Waals surface area (Å²) in [4.78, 5) is 16.4. The van der Waals surface area contributed by atoms with E-state index < -0.39 is 12.1 Å². The lowest BCUT2D eigenvalue weighted by Gasteiger charge is -2.29. The molecule has 0 spiro atoms. The molecule has 2 aromatic rings. The fraction of sp³-hybridized carbons (Fsp3) is 0.423. The van der Waals surface area contributed by atoms with Crippen molar-refractivity contribution in [2.24, 2.45) is 11.5 Å². The van der Waals surface area contributed by atoms with Gasteiger partial charge < -0.3 is 35.5 Å². The average molecular weight is 495 g/mol. The predicted octanol–water partition coefficient (Wildman–Crippen LogP) is 2.36. The van der Waals surface area contributed by atoms with E-state index in [2.05, 4.69) is 0 Å². The number of esters is 1. The number of hydrogen-bond acceptors (Lipinski definition) is 6. The van der Waals surface area contributed by atoms with E-state index in [-0.39, 0.29) is 24.6 Å². The van der Waals surface area contributed by atoms with Gasteiger partial charge in [-0.3, -0.25) is 10.8 Å². The summed E-state index contributed by atoms with van der Waals surface area (Å²) in [6.07, 6.45) is 1.78. The smallest absolute Gasteiger partial charge is 0.352 e. The quantitative estimate of drug-likeness (QED) is 0.248. The molecule has 36 heavy (non-hydrogen) atoms. The average Bonchev–Trinajstić information content (AvgIpc) is 3.35. The SMILES string of the molecule is CCOC(=O)C(Oc1ccc2c(c1)CN(C(=N)N)CC2)c1ccc(OCC2CCCN2C(=N)N)cc1. The van der Waals surface area contributed by atoms with Crippen LogP contribution in [0.2, 0.25) is 0 Å². The Labute approximate surface area is 211 Å².